The third-order valence-electron chi connectivity index (χ3n) is 4.12. The van der Waals surface area contributed by atoms with Crippen LogP contribution in [-0.4, -0.2) is 61.0 Å². The molecule has 0 aromatic rings. The topological polar surface area (TPSA) is 49.9 Å². The Labute approximate surface area is 114 Å². The molecule has 0 aromatic heterocycles. The first kappa shape index (κ1) is 14.1. The Balaban J connectivity index is 1.82. The van der Waals surface area contributed by atoms with E-state index < -0.39 is 0 Å². The normalized spacial score (nSPS) is 23.9. The van der Waals surface area contributed by atoms with E-state index in [1.807, 2.05) is 4.90 Å². The van der Waals surface area contributed by atoms with Crippen LogP contribution in [0.1, 0.15) is 19.3 Å². The summed E-state index contributed by atoms with van der Waals surface area (Å²) in [4.78, 5) is 27.5. The lowest BCUT2D eigenvalue weighted by Gasteiger charge is -2.43. The van der Waals surface area contributed by atoms with E-state index in [0.29, 0.717) is 19.7 Å². The van der Waals surface area contributed by atoms with Gasteiger partial charge in [-0.25, -0.2) is 0 Å². The minimum Gasteiger partial charge on any atom is -0.383 e. The maximum atomic E-state index is 12.4. The van der Waals surface area contributed by atoms with Gasteiger partial charge in [-0.1, -0.05) is 6.58 Å². The summed E-state index contributed by atoms with van der Waals surface area (Å²) in [6, 6.07) is 0.255. The van der Waals surface area contributed by atoms with Gasteiger partial charge in [0.05, 0.1) is 12.6 Å². The fraction of sp³-hybridized carbons (Fsp3) is 0.714. The molecule has 2 fully saturated rings. The molecule has 0 saturated carbocycles. The fourth-order valence-corrected chi connectivity index (χ4v) is 2.81. The number of rotatable bonds is 4. The lowest BCUT2D eigenvalue weighted by molar-refractivity contribution is -0.148. The molecule has 19 heavy (non-hydrogen) atoms. The summed E-state index contributed by atoms with van der Waals surface area (Å²) < 4.78 is 5.12. The van der Waals surface area contributed by atoms with E-state index in [0.717, 1.165) is 25.8 Å². The van der Waals surface area contributed by atoms with E-state index in [2.05, 4.69) is 6.58 Å². The quantitative estimate of drug-likeness (QED) is 0.702. The van der Waals surface area contributed by atoms with Crippen LogP contribution >= 0.6 is 0 Å². The molecule has 0 spiro atoms. The van der Waals surface area contributed by atoms with E-state index in [-0.39, 0.29) is 23.8 Å². The third kappa shape index (κ3) is 2.97. The van der Waals surface area contributed by atoms with Crippen LogP contribution in [0.5, 0.6) is 0 Å². The molecular formula is C14H22N2O3. The van der Waals surface area contributed by atoms with Crippen LogP contribution in [0.3, 0.4) is 0 Å². The first-order valence-corrected chi connectivity index (χ1v) is 6.88. The molecule has 2 amide bonds. The van der Waals surface area contributed by atoms with Crippen molar-refractivity contribution in [3.63, 3.8) is 0 Å². The smallest absolute Gasteiger partial charge is 0.245 e. The van der Waals surface area contributed by atoms with Crippen molar-refractivity contribution in [3.05, 3.63) is 12.7 Å². The van der Waals surface area contributed by atoms with Crippen molar-refractivity contribution in [2.75, 3.05) is 33.4 Å². The number of ether oxygens (including phenoxy) is 1. The van der Waals surface area contributed by atoms with Crippen LogP contribution in [0.25, 0.3) is 0 Å². The number of methoxy groups -OCH3 is 1. The lowest BCUT2D eigenvalue weighted by atomic mass is 9.92. The van der Waals surface area contributed by atoms with Crippen molar-refractivity contribution < 1.29 is 14.3 Å². The number of hydrogen-bond acceptors (Lipinski definition) is 3. The van der Waals surface area contributed by atoms with Crippen molar-refractivity contribution in [1.82, 2.24) is 9.80 Å². The zero-order chi connectivity index (χ0) is 13.8. The minimum atomic E-state index is -0.0351. The average molecular weight is 266 g/mol. The van der Waals surface area contributed by atoms with Gasteiger partial charge in [-0.15, -0.1) is 0 Å². The molecule has 2 aliphatic heterocycles. The Hall–Kier alpha value is -1.36. The lowest BCUT2D eigenvalue weighted by Crippen LogP contribution is -2.56. The van der Waals surface area contributed by atoms with Crippen LogP contribution in [-0.2, 0) is 14.3 Å². The monoisotopic (exact) mass is 266 g/mol. The second-order valence-corrected chi connectivity index (χ2v) is 5.23. The highest BCUT2D eigenvalue weighted by Gasteiger charge is 2.37. The van der Waals surface area contributed by atoms with Crippen LogP contribution < -0.4 is 0 Å². The van der Waals surface area contributed by atoms with Crippen LogP contribution in [0.2, 0.25) is 0 Å². The number of hydrogen-bond donors (Lipinski definition) is 0. The number of piperidine rings is 1. The van der Waals surface area contributed by atoms with Crippen molar-refractivity contribution in [2.24, 2.45) is 5.92 Å². The van der Waals surface area contributed by atoms with Crippen molar-refractivity contribution in [3.8, 4) is 0 Å². The number of carbonyl (C=O) groups is 2. The Morgan fingerprint density at radius 1 is 1.26 bits per heavy atom. The van der Waals surface area contributed by atoms with E-state index in [1.54, 1.807) is 12.0 Å². The average Bonchev–Trinajstić information content (AvgIpc) is 2.42. The molecule has 2 aliphatic rings. The van der Waals surface area contributed by atoms with Gasteiger partial charge in [0.1, 0.15) is 0 Å². The Kier molecular flexibility index (Phi) is 4.58. The second kappa shape index (κ2) is 6.19. The summed E-state index contributed by atoms with van der Waals surface area (Å²) >= 11 is 0. The van der Waals surface area contributed by atoms with Crippen molar-refractivity contribution in [1.29, 1.82) is 0 Å². The van der Waals surface area contributed by atoms with E-state index in [1.165, 1.54) is 6.08 Å². The van der Waals surface area contributed by atoms with Gasteiger partial charge in [0, 0.05) is 32.7 Å². The number of likely N-dealkylation sites (tertiary alicyclic amines) is 2. The van der Waals surface area contributed by atoms with Gasteiger partial charge < -0.3 is 14.5 Å². The molecule has 2 saturated heterocycles. The van der Waals surface area contributed by atoms with Gasteiger partial charge in [-0.3, -0.25) is 9.59 Å². The van der Waals surface area contributed by atoms with E-state index in [9.17, 15) is 9.59 Å². The molecule has 5 nitrogen and oxygen atoms in total. The molecule has 0 aliphatic carbocycles. The number of amides is 2. The highest BCUT2D eigenvalue weighted by molar-refractivity contribution is 5.87. The van der Waals surface area contributed by atoms with Gasteiger partial charge in [0.15, 0.2) is 0 Å². The van der Waals surface area contributed by atoms with Gasteiger partial charge in [-0.2, -0.15) is 0 Å². The third-order valence-corrected chi connectivity index (χ3v) is 4.12. The van der Waals surface area contributed by atoms with Gasteiger partial charge >= 0.3 is 0 Å². The highest BCUT2D eigenvalue weighted by Crippen LogP contribution is 2.26. The molecule has 0 N–H and O–H groups in total. The summed E-state index contributed by atoms with van der Waals surface area (Å²) in [5, 5.41) is 0. The van der Waals surface area contributed by atoms with E-state index in [4.69, 9.17) is 4.74 Å². The molecule has 0 bridgehead atoms. The predicted molar refractivity (Wildman–Crippen MR) is 71.5 cm³/mol. The summed E-state index contributed by atoms with van der Waals surface area (Å²) in [7, 11) is 1.67. The van der Waals surface area contributed by atoms with Gasteiger partial charge in [0.2, 0.25) is 11.8 Å². The molecule has 0 aromatic carbocycles. The second-order valence-electron chi connectivity index (χ2n) is 5.23. The molecule has 2 heterocycles. The predicted octanol–water partition coefficient (Wildman–Crippen LogP) is 0.658. The van der Waals surface area contributed by atoms with Crippen LogP contribution in [0.15, 0.2) is 12.7 Å². The number of carbonyl (C=O) groups excluding carboxylic acids is 2. The molecule has 1 atom stereocenters. The highest BCUT2D eigenvalue weighted by atomic mass is 16.5. The minimum absolute atomic E-state index is 0.0351. The first-order chi connectivity index (χ1) is 9.17. The first-order valence-electron chi connectivity index (χ1n) is 6.88. The largest absolute Gasteiger partial charge is 0.383 e. The van der Waals surface area contributed by atoms with Crippen LogP contribution in [0, 0.1) is 5.92 Å². The molecule has 5 heteroatoms. The molecule has 0 radical (unpaired) electrons. The van der Waals surface area contributed by atoms with E-state index >= 15 is 0 Å². The maximum absolute atomic E-state index is 12.4. The molecular weight excluding hydrogens is 244 g/mol. The SMILES string of the molecule is C=CC(=O)N1CCC(C(=O)N2CCC2COC)CC1. The Bertz CT molecular complexity index is 362. The van der Waals surface area contributed by atoms with Crippen LogP contribution in [0.4, 0.5) is 0 Å². The standard InChI is InChI=1S/C14H22N2O3/c1-3-13(17)15-7-4-11(5-8-15)14(18)16-9-6-12(16)10-19-2/h3,11-12H,1,4-10H2,2H3. The summed E-state index contributed by atoms with van der Waals surface area (Å²) in [6.45, 7) is 6.27. The number of nitrogens with zero attached hydrogens (tertiary/aromatic N) is 2. The van der Waals surface area contributed by atoms with Gasteiger partial charge in [0.25, 0.3) is 0 Å². The Morgan fingerprint density at radius 2 is 1.95 bits per heavy atom. The molecule has 2 rings (SSSR count). The fourth-order valence-electron chi connectivity index (χ4n) is 2.81. The summed E-state index contributed by atoms with van der Waals surface area (Å²) in [5.74, 6) is 0.264. The summed E-state index contributed by atoms with van der Waals surface area (Å²) in [6.07, 6.45) is 3.89. The molecule has 106 valence electrons. The summed E-state index contributed by atoms with van der Waals surface area (Å²) in [5.41, 5.74) is 0. The molecule has 1 unspecified atom stereocenters. The Morgan fingerprint density at radius 3 is 2.42 bits per heavy atom. The van der Waals surface area contributed by atoms with Crippen molar-refractivity contribution >= 4 is 11.8 Å². The zero-order valence-corrected chi connectivity index (χ0v) is 11.5. The maximum Gasteiger partial charge on any atom is 0.245 e. The van der Waals surface area contributed by atoms with Gasteiger partial charge in [-0.05, 0) is 25.3 Å². The zero-order valence-electron chi connectivity index (χ0n) is 11.5. The van der Waals surface area contributed by atoms with Crippen molar-refractivity contribution in [2.45, 2.75) is 25.3 Å².